The van der Waals surface area contributed by atoms with Crippen LogP contribution in [0.25, 0.3) is 0 Å². The van der Waals surface area contributed by atoms with E-state index in [0.717, 1.165) is 51.8 Å². The van der Waals surface area contributed by atoms with Crippen molar-refractivity contribution in [1.29, 1.82) is 0 Å². The fraction of sp³-hybridized carbons (Fsp3) is 0.632. The maximum Gasteiger partial charge on any atom is 0.191 e. The average molecular weight is 332 g/mol. The van der Waals surface area contributed by atoms with Crippen LogP contribution in [0.2, 0.25) is 0 Å². The zero-order chi connectivity index (χ0) is 17.2. The summed E-state index contributed by atoms with van der Waals surface area (Å²) in [5.74, 6) is 1.57. The molecule has 0 spiro atoms. The third-order valence-electron chi connectivity index (χ3n) is 4.37. The number of guanidine groups is 1. The summed E-state index contributed by atoms with van der Waals surface area (Å²) >= 11 is 0. The Labute approximate surface area is 146 Å². The molecule has 2 rings (SSSR count). The molecule has 1 aliphatic rings. The third kappa shape index (κ3) is 6.13. The van der Waals surface area contributed by atoms with Gasteiger partial charge < -0.3 is 15.4 Å². The van der Waals surface area contributed by atoms with Crippen molar-refractivity contribution in [2.75, 3.05) is 46.4 Å². The molecule has 24 heavy (non-hydrogen) atoms. The highest BCUT2D eigenvalue weighted by molar-refractivity contribution is 5.79. The number of hydrogen-bond donors (Lipinski definition) is 2. The quantitative estimate of drug-likeness (QED) is 0.594. The highest BCUT2D eigenvalue weighted by atomic mass is 16.5. The van der Waals surface area contributed by atoms with Crippen LogP contribution < -0.4 is 10.6 Å². The number of rotatable bonds is 7. The lowest BCUT2D eigenvalue weighted by atomic mass is 10.0. The van der Waals surface area contributed by atoms with Crippen molar-refractivity contribution >= 4 is 5.96 Å². The number of aliphatic imine (C=N–C) groups is 1. The van der Waals surface area contributed by atoms with E-state index in [4.69, 9.17) is 4.74 Å². The molecular weight excluding hydrogens is 300 g/mol. The molecule has 1 heterocycles. The van der Waals surface area contributed by atoms with E-state index >= 15 is 0 Å². The van der Waals surface area contributed by atoms with Gasteiger partial charge >= 0.3 is 0 Å². The van der Waals surface area contributed by atoms with Crippen LogP contribution >= 0.6 is 0 Å². The van der Waals surface area contributed by atoms with E-state index in [1.807, 2.05) is 7.05 Å². The van der Waals surface area contributed by atoms with Gasteiger partial charge in [0.25, 0.3) is 0 Å². The monoisotopic (exact) mass is 332 g/mol. The van der Waals surface area contributed by atoms with Crippen molar-refractivity contribution in [3.8, 4) is 0 Å². The van der Waals surface area contributed by atoms with Gasteiger partial charge in [-0.3, -0.25) is 9.89 Å². The molecule has 0 aromatic heterocycles. The van der Waals surface area contributed by atoms with Crippen molar-refractivity contribution in [3.05, 3.63) is 35.9 Å². The molecule has 1 unspecified atom stereocenters. The smallest absolute Gasteiger partial charge is 0.191 e. The van der Waals surface area contributed by atoms with Crippen molar-refractivity contribution in [2.45, 2.75) is 26.3 Å². The Morgan fingerprint density at radius 2 is 1.88 bits per heavy atom. The van der Waals surface area contributed by atoms with E-state index in [-0.39, 0.29) is 0 Å². The van der Waals surface area contributed by atoms with Gasteiger partial charge in [0.15, 0.2) is 5.96 Å². The van der Waals surface area contributed by atoms with E-state index < -0.39 is 0 Å². The molecule has 134 valence electrons. The van der Waals surface area contributed by atoms with Gasteiger partial charge in [-0.25, -0.2) is 0 Å². The second kappa shape index (κ2) is 10.3. The first-order valence-corrected chi connectivity index (χ1v) is 9.02. The van der Waals surface area contributed by atoms with Gasteiger partial charge in [0.05, 0.1) is 19.3 Å². The summed E-state index contributed by atoms with van der Waals surface area (Å²) in [6.45, 7) is 9.83. The number of nitrogens with zero attached hydrogens (tertiary/aromatic N) is 2. The summed E-state index contributed by atoms with van der Waals surface area (Å²) in [6.07, 6.45) is 1.15. The summed E-state index contributed by atoms with van der Waals surface area (Å²) in [6, 6.07) is 11.0. The predicted molar refractivity (Wildman–Crippen MR) is 100 cm³/mol. The Morgan fingerprint density at radius 1 is 1.17 bits per heavy atom. The zero-order valence-corrected chi connectivity index (χ0v) is 15.3. The minimum absolute atomic E-state index is 0.332. The number of ether oxygens (including phenoxy) is 1. The van der Waals surface area contributed by atoms with Gasteiger partial charge in [0, 0.05) is 33.2 Å². The molecule has 0 radical (unpaired) electrons. The van der Waals surface area contributed by atoms with Crippen molar-refractivity contribution in [3.63, 3.8) is 0 Å². The fourth-order valence-electron chi connectivity index (χ4n) is 2.92. The summed E-state index contributed by atoms with van der Waals surface area (Å²) in [5.41, 5.74) is 1.34. The molecule has 1 atom stereocenters. The fourth-order valence-corrected chi connectivity index (χ4v) is 2.92. The second-order valence-corrected chi connectivity index (χ2v) is 6.64. The lowest BCUT2D eigenvalue weighted by Crippen LogP contribution is -2.46. The van der Waals surface area contributed by atoms with Gasteiger partial charge in [-0.2, -0.15) is 0 Å². The van der Waals surface area contributed by atoms with Crippen LogP contribution in [0.3, 0.4) is 0 Å². The van der Waals surface area contributed by atoms with Crippen molar-refractivity contribution < 1.29 is 4.74 Å². The third-order valence-corrected chi connectivity index (χ3v) is 4.37. The Kier molecular flexibility index (Phi) is 8.05. The lowest BCUT2D eigenvalue weighted by molar-refractivity contribution is 0.0170. The average Bonchev–Trinajstić information content (AvgIpc) is 2.62. The molecule has 5 nitrogen and oxygen atoms in total. The van der Waals surface area contributed by atoms with E-state index in [9.17, 15) is 0 Å². The van der Waals surface area contributed by atoms with Gasteiger partial charge in [-0.1, -0.05) is 44.2 Å². The molecule has 1 saturated heterocycles. The molecule has 1 aromatic rings. The summed E-state index contributed by atoms with van der Waals surface area (Å²) in [4.78, 5) is 6.84. The highest BCUT2D eigenvalue weighted by Gasteiger charge is 2.22. The predicted octanol–water partition coefficient (Wildman–Crippen LogP) is 2.27. The molecule has 5 heteroatoms. The molecule has 0 saturated carbocycles. The Balaban J connectivity index is 1.94. The molecule has 0 bridgehead atoms. The second-order valence-electron chi connectivity index (χ2n) is 6.64. The molecule has 1 fully saturated rings. The van der Waals surface area contributed by atoms with E-state index in [0.29, 0.717) is 12.0 Å². The van der Waals surface area contributed by atoms with Crippen LogP contribution in [0, 0.1) is 5.92 Å². The van der Waals surface area contributed by atoms with Crippen molar-refractivity contribution in [2.24, 2.45) is 10.9 Å². The summed E-state index contributed by atoms with van der Waals surface area (Å²) in [7, 11) is 1.83. The SMILES string of the molecule is CN=C(NCCC(C)C)NCC(c1ccccc1)N1CCOCC1. The minimum atomic E-state index is 0.332. The largest absolute Gasteiger partial charge is 0.379 e. The maximum absolute atomic E-state index is 5.51. The van der Waals surface area contributed by atoms with Crippen LogP contribution in [0.4, 0.5) is 0 Å². The van der Waals surface area contributed by atoms with Gasteiger partial charge in [0.2, 0.25) is 0 Å². The summed E-state index contributed by atoms with van der Waals surface area (Å²) < 4.78 is 5.51. The number of benzene rings is 1. The zero-order valence-electron chi connectivity index (χ0n) is 15.3. The van der Waals surface area contributed by atoms with Crippen LogP contribution in [-0.2, 0) is 4.74 Å². The summed E-state index contributed by atoms with van der Waals surface area (Å²) in [5, 5.41) is 6.90. The van der Waals surface area contributed by atoms with Crippen LogP contribution in [0.5, 0.6) is 0 Å². The maximum atomic E-state index is 5.51. The van der Waals surface area contributed by atoms with Gasteiger partial charge in [-0.15, -0.1) is 0 Å². The molecule has 1 aromatic carbocycles. The number of hydrogen-bond acceptors (Lipinski definition) is 3. The first-order chi connectivity index (χ1) is 11.7. The molecule has 1 aliphatic heterocycles. The Morgan fingerprint density at radius 3 is 2.50 bits per heavy atom. The highest BCUT2D eigenvalue weighted by Crippen LogP contribution is 2.20. The van der Waals surface area contributed by atoms with Crippen LogP contribution in [-0.4, -0.2) is 57.3 Å². The topological polar surface area (TPSA) is 48.9 Å². The Bertz CT molecular complexity index is 483. The normalized spacial score (nSPS) is 17.8. The van der Waals surface area contributed by atoms with E-state index in [2.05, 4.69) is 64.7 Å². The van der Waals surface area contributed by atoms with Crippen LogP contribution in [0.1, 0.15) is 31.9 Å². The molecule has 0 amide bonds. The molecule has 2 N–H and O–H groups in total. The molecular formula is C19H32N4O. The van der Waals surface area contributed by atoms with E-state index in [1.165, 1.54) is 5.56 Å². The molecule has 0 aliphatic carbocycles. The van der Waals surface area contributed by atoms with Crippen molar-refractivity contribution in [1.82, 2.24) is 15.5 Å². The Hall–Kier alpha value is -1.59. The van der Waals surface area contributed by atoms with Crippen LogP contribution in [0.15, 0.2) is 35.3 Å². The minimum Gasteiger partial charge on any atom is -0.379 e. The first kappa shape index (κ1) is 18.7. The number of morpholine rings is 1. The first-order valence-electron chi connectivity index (χ1n) is 9.02. The lowest BCUT2D eigenvalue weighted by Gasteiger charge is -2.35. The number of nitrogens with one attached hydrogen (secondary N) is 2. The van der Waals surface area contributed by atoms with E-state index in [1.54, 1.807) is 0 Å². The van der Waals surface area contributed by atoms with Gasteiger partial charge in [-0.05, 0) is 17.9 Å². The van der Waals surface area contributed by atoms with Gasteiger partial charge in [0.1, 0.15) is 0 Å². The standard InChI is InChI=1S/C19H32N4O/c1-16(2)9-10-21-19(20-3)22-15-18(17-7-5-4-6-8-17)23-11-13-24-14-12-23/h4-8,16,18H,9-15H2,1-3H3,(H2,20,21,22).